The number of likely N-dealkylation sites (tertiary alicyclic amines) is 1. The first-order chi connectivity index (χ1) is 16.3. The molecule has 6 N–H and O–H groups in total. The molecule has 0 aliphatic carbocycles. The van der Waals surface area contributed by atoms with Gasteiger partial charge in [-0.2, -0.15) is 0 Å². The second kappa shape index (κ2) is 9.80. The average Bonchev–Trinajstić information content (AvgIpc) is 3.36. The van der Waals surface area contributed by atoms with Crippen LogP contribution in [0.3, 0.4) is 0 Å². The zero-order chi connectivity index (χ0) is 24.4. The predicted octanol–water partition coefficient (Wildman–Crippen LogP) is -0.705. The van der Waals surface area contributed by atoms with E-state index >= 15 is 0 Å². The van der Waals surface area contributed by atoms with E-state index in [0.717, 1.165) is 12.8 Å². The van der Waals surface area contributed by atoms with Gasteiger partial charge in [0.15, 0.2) is 23.8 Å². The van der Waals surface area contributed by atoms with Crippen molar-refractivity contribution in [1.82, 2.24) is 29.7 Å². The van der Waals surface area contributed by atoms with Gasteiger partial charge in [0.25, 0.3) is 5.91 Å². The Labute approximate surface area is 194 Å². The van der Waals surface area contributed by atoms with Gasteiger partial charge in [-0.25, -0.2) is 19.7 Å². The second-order valence-corrected chi connectivity index (χ2v) is 8.30. The number of carboxylic acid groups (broad SMARTS) is 1. The minimum atomic E-state index is -1.43. The fourth-order valence-corrected chi connectivity index (χ4v) is 4.16. The number of amides is 2. The molecule has 182 valence electrons. The van der Waals surface area contributed by atoms with Crippen LogP contribution in [0.4, 0.5) is 10.6 Å². The summed E-state index contributed by atoms with van der Waals surface area (Å²) in [6.45, 7) is 3.06. The summed E-state index contributed by atoms with van der Waals surface area (Å²) in [6, 6.07) is 0. The number of rotatable bonds is 4. The van der Waals surface area contributed by atoms with E-state index in [4.69, 9.17) is 15.6 Å². The van der Waals surface area contributed by atoms with E-state index in [1.807, 2.05) is 0 Å². The third-order valence-electron chi connectivity index (χ3n) is 6.05. The van der Waals surface area contributed by atoms with Gasteiger partial charge < -0.3 is 36.0 Å². The number of aliphatic hydroxyl groups excluding tert-OH is 2. The summed E-state index contributed by atoms with van der Waals surface area (Å²) in [5.41, 5.74) is 6.56. The lowest BCUT2D eigenvalue weighted by Gasteiger charge is -2.28. The van der Waals surface area contributed by atoms with Crippen LogP contribution in [0.1, 0.15) is 38.2 Å². The van der Waals surface area contributed by atoms with Crippen LogP contribution < -0.4 is 11.1 Å². The first-order valence-electron chi connectivity index (χ1n) is 11.1. The maximum Gasteiger partial charge on any atom is 0.407 e. The van der Waals surface area contributed by atoms with E-state index in [9.17, 15) is 19.8 Å². The molecular weight excluding hydrogens is 446 g/mol. The Balaban J connectivity index is 1.52. The lowest BCUT2D eigenvalue weighted by atomic mass is 9.94. The Bertz CT molecular complexity index is 1130. The molecule has 4 atom stereocenters. The molecule has 0 aromatic carbocycles. The van der Waals surface area contributed by atoms with E-state index in [2.05, 4.69) is 32.1 Å². The molecule has 4 heterocycles. The van der Waals surface area contributed by atoms with Gasteiger partial charge in [-0.3, -0.25) is 9.36 Å². The molecule has 4 unspecified atom stereocenters. The number of nitrogens with two attached hydrogens (primary N) is 1. The molecule has 2 aromatic rings. The highest BCUT2D eigenvalue weighted by Crippen LogP contribution is 2.32. The fourth-order valence-electron chi connectivity index (χ4n) is 4.16. The third kappa shape index (κ3) is 4.60. The number of ether oxygens (including phenoxy) is 1. The molecule has 2 amide bonds. The Morgan fingerprint density at radius 3 is 2.68 bits per heavy atom. The van der Waals surface area contributed by atoms with Crippen molar-refractivity contribution in [2.45, 2.75) is 50.7 Å². The van der Waals surface area contributed by atoms with Crippen LogP contribution >= 0.6 is 0 Å². The zero-order valence-electron chi connectivity index (χ0n) is 18.6. The largest absolute Gasteiger partial charge is 0.465 e. The summed E-state index contributed by atoms with van der Waals surface area (Å²) in [6.07, 6.45) is -2.69. The molecule has 2 aliphatic heterocycles. The number of nitrogen functional groups attached to an aromatic ring is 1. The third-order valence-corrected chi connectivity index (χ3v) is 6.05. The Hall–Kier alpha value is -3.47. The number of aromatic nitrogens is 4. The van der Waals surface area contributed by atoms with Crippen LogP contribution in [0.2, 0.25) is 0 Å². The van der Waals surface area contributed by atoms with Gasteiger partial charge in [0.05, 0.1) is 6.33 Å². The van der Waals surface area contributed by atoms with E-state index in [0.29, 0.717) is 26.1 Å². The normalized spacial score (nSPS) is 25.2. The van der Waals surface area contributed by atoms with Crippen molar-refractivity contribution < 1.29 is 29.6 Å². The average molecular weight is 473 g/mol. The molecule has 2 aromatic heterocycles. The molecule has 0 spiro atoms. The molecule has 13 nitrogen and oxygen atoms in total. The van der Waals surface area contributed by atoms with Gasteiger partial charge in [0.1, 0.15) is 17.7 Å². The molecule has 13 heteroatoms. The summed E-state index contributed by atoms with van der Waals surface area (Å²) in [5, 5.41) is 32.4. The van der Waals surface area contributed by atoms with E-state index < -0.39 is 36.5 Å². The first kappa shape index (κ1) is 23.7. The second-order valence-electron chi connectivity index (χ2n) is 8.30. The monoisotopic (exact) mass is 473 g/mol. The summed E-state index contributed by atoms with van der Waals surface area (Å²) in [4.78, 5) is 37.3. The van der Waals surface area contributed by atoms with E-state index in [1.54, 1.807) is 6.92 Å². The summed E-state index contributed by atoms with van der Waals surface area (Å²) in [5.74, 6) is 5.93. The Morgan fingerprint density at radius 1 is 1.26 bits per heavy atom. The highest BCUT2D eigenvalue weighted by atomic mass is 16.6. The first-order valence-corrected chi connectivity index (χ1v) is 11.1. The number of carbonyl (C=O) groups is 2. The zero-order valence-corrected chi connectivity index (χ0v) is 18.6. The number of likely N-dealkylation sites (N-methyl/N-ethyl adjacent to an activating group) is 1. The maximum atomic E-state index is 12.2. The van der Waals surface area contributed by atoms with Crippen molar-refractivity contribution in [2.75, 3.05) is 25.4 Å². The number of fused-ring (bicyclic) bond motifs is 1. The predicted molar refractivity (Wildman–Crippen MR) is 118 cm³/mol. The number of anilines is 1. The molecule has 0 radical (unpaired) electrons. The Morgan fingerprint density at radius 2 is 2.00 bits per heavy atom. The molecule has 2 saturated heterocycles. The van der Waals surface area contributed by atoms with Crippen LogP contribution in [0.15, 0.2) is 6.33 Å². The van der Waals surface area contributed by atoms with Gasteiger partial charge in [0, 0.05) is 26.1 Å². The van der Waals surface area contributed by atoms with Crippen LogP contribution in [-0.4, -0.2) is 89.7 Å². The lowest BCUT2D eigenvalue weighted by molar-refractivity contribution is -0.137. The van der Waals surface area contributed by atoms with Crippen molar-refractivity contribution in [1.29, 1.82) is 0 Å². The number of imidazole rings is 1. The number of carbonyl (C=O) groups excluding carboxylic acids is 1. The highest BCUT2D eigenvalue weighted by molar-refractivity contribution is 5.83. The van der Waals surface area contributed by atoms with Gasteiger partial charge in [-0.1, -0.05) is 5.92 Å². The standard InChI is InChI=1S/C21H27N7O6/c1-2-23-19(31)16-14(29)15(30)20(34-16)28-10-24-13-17(22)25-12(26-18(13)28)5-3-4-11-6-8-27(9-7-11)21(32)33/h10-11,14-16,20,29-30H,2,4,6-9H2,1H3,(H,23,31)(H,32,33)(H2,22,25,26). The van der Waals surface area contributed by atoms with Crippen molar-refractivity contribution in [3.8, 4) is 11.8 Å². The van der Waals surface area contributed by atoms with Crippen molar-refractivity contribution in [3.05, 3.63) is 12.2 Å². The van der Waals surface area contributed by atoms with Crippen LogP contribution in [0, 0.1) is 17.8 Å². The highest BCUT2D eigenvalue weighted by Gasteiger charge is 2.47. The van der Waals surface area contributed by atoms with Gasteiger partial charge in [0.2, 0.25) is 5.82 Å². The number of nitrogens with one attached hydrogen (secondary N) is 1. The van der Waals surface area contributed by atoms with E-state index in [-0.39, 0.29) is 28.7 Å². The molecule has 0 bridgehead atoms. The van der Waals surface area contributed by atoms with Crippen LogP contribution in [-0.2, 0) is 9.53 Å². The SMILES string of the molecule is CCNC(=O)C1OC(n2cnc3c(N)nc(C#CCC4CCN(C(=O)O)CC4)nc32)C(O)C1O. The number of hydrogen-bond acceptors (Lipinski definition) is 9. The van der Waals surface area contributed by atoms with Crippen LogP contribution in [0.5, 0.6) is 0 Å². The topological polar surface area (TPSA) is 189 Å². The molecule has 4 rings (SSSR count). The maximum absolute atomic E-state index is 12.2. The summed E-state index contributed by atoms with van der Waals surface area (Å²) < 4.78 is 7.04. The molecule has 34 heavy (non-hydrogen) atoms. The smallest absolute Gasteiger partial charge is 0.407 e. The van der Waals surface area contributed by atoms with Crippen LogP contribution in [0.25, 0.3) is 11.2 Å². The number of hydrogen-bond donors (Lipinski definition) is 5. The number of nitrogens with zero attached hydrogens (tertiary/aromatic N) is 5. The van der Waals surface area contributed by atoms with Crippen molar-refractivity contribution in [3.63, 3.8) is 0 Å². The number of piperidine rings is 1. The van der Waals surface area contributed by atoms with Crippen molar-refractivity contribution in [2.24, 2.45) is 5.92 Å². The minimum Gasteiger partial charge on any atom is -0.465 e. The fraction of sp³-hybridized carbons (Fsp3) is 0.571. The number of aliphatic hydroxyl groups is 2. The Kier molecular flexibility index (Phi) is 6.82. The lowest BCUT2D eigenvalue weighted by Crippen LogP contribution is -2.42. The minimum absolute atomic E-state index is 0.0936. The summed E-state index contributed by atoms with van der Waals surface area (Å²) >= 11 is 0. The molecular formula is C21H27N7O6. The summed E-state index contributed by atoms with van der Waals surface area (Å²) in [7, 11) is 0. The quantitative estimate of drug-likeness (QED) is 0.355. The molecule has 2 fully saturated rings. The van der Waals surface area contributed by atoms with Crippen molar-refractivity contribution >= 4 is 29.0 Å². The van der Waals surface area contributed by atoms with E-state index in [1.165, 1.54) is 15.8 Å². The van der Waals surface area contributed by atoms with Gasteiger partial charge in [-0.05, 0) is 31.6 Å². The molecule has 0 saturated carbocycles. The van der Waals surface area contributed by atoms with Gasteiger partial charge >= 0.3 is 6.09 Å². The van der Waals surface area contributed by atoms with Gasteiger partial charge in [-0.15, -0.1) is 0 Å². The molecule has 2 aliphatic rings.